The van der Waals surface area contributed by atoms with Gasteiger partial charge in [0, 0.05) is 18.7 Å². The van der Waals surface area contributed by atoms with Gasteiger partial charge in [-0.2, -0.15) is 4.39 Å². The van der Waals surface area contributed by atoms with Gasteiger partial charge < -0.3 is 25.2 Å². The fourth-order valence-corrected chi connectivity index (χ4v) is 5.06. The van der Waals surface area contributed by atoms with Crippen molar-refractivity contribution >= 4 is 34.8 Å². The molecule has 0 saturated carbocycles. The molecule has 3 heterocycles. The lowest BCUT2D eigenvalue weighted by atomic mass is 9.84. The third-order valence-electron chi connectivity index (χ3n) is 6.27. The molecule has 1 aromatic carbocycles. The maximum absolute atomic E-state index is 13.3. The van der Waals surface area contributed by atoms with E-state index in [1.54, 1.807) is 17.0 Å². The fraction of sp³-hybridized carbons (Fsp3) is 0.458. The number of amides is 1. The minimum absolute atomic E-state index is 0.0516. The van der Waals surface area contributed by atoms with E-state index in [0.29, 0.717) is 41.4 Å². The lowest BCUT2D eigenvalue weighted by Gasteiger charge is -2.47. The van der Waals surface area contributed by atoms with Crippen molar-refractivity contribution in [2.45, 2.75) is 63.8 Å². The first-order valence-corrected chi connectivity index (χ1v) is 11.7. The number of pyridine rings is 1. The average Bonchev–Trinajstić information content (AvgIpc) is 2.75. The lowest BCUT2D eigenvalue weighted by molar-refractivity contribution is -0.137. The lowest BCUT2D eigenvalue weighted by Crippen LogP contribution is -2.63. The molecule has 1 aromatic heterocycles. The number of benzene rings is 1. The van der Waals surface area contributed by atoms with Crippen LogP contribution in [0, 0.1) is 5.41 Å². The number of ether oxygens (including phenoxy) is 2. The van der Waals surface area contributed by atoms with Gasteiger partial charge >= 0.3 is 6.54 Å². The van der Waals surface area contributed by atoms with Crippen molar-refractivity contribution in [2.24, 2.45) is 0 Å². The van der Waals surface area contributed by atoms with Gasteiger partial charge in [0.05, 0.1) is 40.2 Å². The molecule has 9 nitrogen and oxygen atoms in total. The quantitative estimate of drug-likeness (QED) is 0.437. The Bertz CT molecular complexity index is 1090. The molecule has 3 atom stereocenters. The Balaban J connectivity index is 1.53. The van der Waals surface area contributed by atoms with Crippen molar-refractivity contribution in [3.05, 3.63) is 47.1 Å². The second-order valence-corrected chi connectivity index (χ2v) is 9.97. The Labute approximate surface area is 208 Å². The Morgan fingerprint density at radius 3 is 2.77 bits per heavy atom. The Kier molecular flexibility index (Phi) is 6.90. The number of anilines is 2. The van der Waals surface area contributed by atoms with Crippen LogP contribution in [-0.4, -0.2) is 51.7 Å². The summed E-state index contributed by atoms with van der Waals surface area (Å²) in [5.74, 6) is -0.155. The number of rotatable bonds is 6. The van der Waals surface area contributed by atoms with Gasteiger partial charge in [-0.15, -0.1) is 0 Å². The van der Waals surface area contributed by atoms with E-state index in [1.165, 1.54) is 12.3 Å². The number of guanidine groups is 1. The zero-order valence-electron chi connectivity index (χ0n) is 19.8. The molecule has 0 bridgehead atoms. The molecule has 35 heavy (non-hydrogen) atoms. The van der Waals surface area contributed by atoms with Crippen molar-refractivity contribution in [3.8, 4) is 5.88 Å². The molecule has 2 fully saturated rings. The van der Waals surface area contributed by atoms with E-state index in [1.807, 2.05) is 32.9 Å². The van der Waals surface area contributed by atoms with E-state index in [4.69, 9.17) is 26.9 Å². The molecule has 2 saturated heterocycles. The van der Waals surface area contributed by atoms with Crippen LogP contribution in [0.4, 0.5) is 15.8 Å². The summed E-state index contributed by atoms with van der Waals surface area (Å²) in [6, 6.07) is 8.31. The topological polar surface area (TPSA) is 120 Å². The van der Waals surface area contributed by atoms with Gasteiger partial charge in [0.1, 0.15) is 0 Å². The summed E-state index contributed by atoms with van der Waals surface area (Å²) < 4.78 is 22.8. The highest BCUT2D eigenvalue weighted by Gasteiger charge is 2.45. The number of hydrogen-bond acceptors (Lipinski definition) is 7. The van der Waals surface area contributed by atoms with Crippen LogP contribution >= 0.6 is 11.6 Å². The van der Waals surface area contributed by atoms with Crippen molar-refractivity contribution < 1.29 is 23.8 Å². The second-order valence-electron chi connectivity index (χ2n) is 9.59. The van der Waals surface area contributed by atoms with Crippen LogP contribution in [0.15, 0.2) is 36.5 Å². The SMILES string of the molecule is CC1(C)C[C@@H](N2C(=N)N[C@](C)(c3cccc(Nc4ccc(OC(O)F)nc4)c3Cl)CC2=O)CCO1. The standard InChI is InChI=1S/C24H29ClFN5O4/c1-23(2)11-15(9-10-34-23)31-19(32)12-24(3,30-22(31)27)16-5-4-6-17(20(16)25)29-14-7-8-18(28-13-14)35-21(26)33/h4-8,13,15,21,29,33H,9-12H2,1-3H3,(H2,27,30)/t15-,21?,24-/m0/s1. The molecule has 0 spiro atoms. The maximum Gasteiger partial charge on any atom is 0.351 e. The first-order valence-electron chi connectivity index (χ1n) is 11.3. The molecular weight excluding hydrogens is 477 g/mol. The Morgan fingerprint density at radius 1 is 1.37 bits per heavy atom. The summed E-state index contributed by atoms with van der Waals surface area (Å²) in [7, 11) is 0. The minimum Gasteiger partial charge on any atom is -0.420 e. The largest absolute Gasteiger partial charge is 0.420 e. The Morgan fingerprint density at radius 2 is 2.14 bits per heavy atom. The average molecular weight is 506 g/mol. The van der Waals surface area contributed by atoms with Crippen LogP contribution in [0.25, 0.3) is 0 Å². The highest BCUT2D eigenvalue weighted by atomic mass is 35.5. The zero-order chi connectivity index (χ0) is 25.4. The first kappa shape index (κ1) is 25.2. The second kappa shape index (κ2) is 9.60. The van der Waals surface area contributed by atoms with Crippen LogP contribution in [0.5, 0.6) is 5.88 Å². The molecule has 1 amide bonds. The molecule has 2 aliphatic heterocycles. The summed E-state index contributed by atoms with van der Waals surface area (Å²) in [5, 5.41) is 24.1. The van der Waals surface area contributed by atoms with E-state index in [9.17, 15) is 9.18 Å². The number of carbonyl (C=O) groups excluding carboxylic acids is 1. The molecule has 4 N–H and O–H groups in total. The first-order chi connectivity index (χ1) is 16.5. The van der Waals surface area contributed by atoms with Crippen LogP contribution in [-0.2, 0) is 15.1 Å². The summed E-state index contributed by atoms with van der Waals surface area (Å²) >= 11 is 6.76. The van der Waals surface area contributed by atoms with Crippen molar-refractivity contribution in [2.75, 3.05) is 11.9 Å². The molecule has 0 aliphatic carbocycles. The van der Waals surface area contributed by atoms with E-state index in [-0.39, 0.29) is 35.8 Å². The van der Waals surface area contributed by atoms with Crippen LogP contribution in [0.3, 0.4) is 0 Å². The predicted octanol–water partition coefficient (Wildman–Crippen LogP) is 4.03. The molecule has 2 aromatic rings. The van der Waals surface area contributed by atoms with Gasteiger partial charge in [0.25, 0.3) is 0 Å². The number of hydrogen-bond donors (Lipinski definition) is 4. The molecule has 11 heteroatoms. The Hall–Kier alpha value is -2.95. The molecule has 0 radical (unpaired) electrons. The summed E-state index contributed by atoms with van der Waals surface area (Å²) in [5.41, 5.74) is 0.568. The normalized spacial score (nSPS) is 25.1. The molecule has 1 unspecified atom stereocenters. The molecule has 4 rings (SSSR count). The molecule has 188 valence electrons. The van der Waals surface area contributed by atoms with Crippen molar-refractivity contribution in [3.63, 3.8) is 0 Å². The van der Waals surface area contributed by atoms with Crippen molar-refractivity contribution in [1.82, 2.24) is 15.2 Å². The fourth-order valence-electron chi connectivity index (χ4n) is 4.68. The number of carbonyl (C=O) groups is 1. The number of aliphatic hydroxyl groups excluding tert-OH is 1. The number of nitrogens with one attached hydrogen (secondary N) is 3. The zero-order valence-corrected chi connectivity index (χ0v) is 20.5. The number of aromatic nitrogens is 1. The van der Waals surface area contributed by atoms with Gasteiger partial charge in [-0.1, -0.05) is 23.7 Å². The van der Waals surface area contributed by atoms with Gasteiger partial charge in [0.2, 0.25) is 11.8 Å². The number of halogens is 2. The smallest absolute Gasteiger partial charge is 0.351 e. The van der Waals surface area contributed by atoms with Gasteiger partial charge in [-0.25, -0.2) is 4.98 Å². The highest BCUT2D eigenvalue weighted by Crippen LogP contribution is 2.39. The third-order valence-corrected chi connectivity index (χ3v) is 6.68. The predicted molar refractivity (Wildman–Crippen MR) is 129 cm³/mol. The number of alkyl halides is 1. The van der Waals surface area contributed by atoms with Gasteiger partial charge in [-0.3, -0.25) is 15.1 Å². The third kappa shape index (κ3) is 5.50. The molecular formula is C24H29ClFN5O4. The van der Waals surface area contributed by atoms with Crippen LogP contribution in [0.2, 0.25) is 5.02 Å². The van der Waals surface area contributed by atoms with Crippen LogP contribution in [0.1, 0.15) is 45.6 Å². The number of nitrogens with zero attached hydrogens (tertiary/aromatic N) is 2. The summed E-state index contributed by atoms with van der Waals surface area (Å²) in [4.78, 5) is 18.8. The van der Waals surface area contributed by atoms with Gasteiger partial charge in [0.15, 0.2) is 5.96 Å². The van der Waals surface area contributed by atoms with E-state index >= 15 is 0 Å². The van der Waals surface area contributed by atoms with Crippen LogP contribution < -0.4 is 15.4 Å². The summed E-state index contributed by atoms with van der Waals surface area (Å²) in [6.45, 7) is 3.93. The minimum atomic E-state index is -2.45. The van der Waals surface area contributed by atoms with E-state index in [0.717, 1.165) is 0 Å². The number of aliphatic hydroxyl groups is 1. The molecule has 2 aliphatic rings. The monoisotopic (exact) mass is 505 g/mol. The summed E-state index contributed by atoms with van der Waals surface area (Å²) in [6.07, 6.45) is 2.88. The van der Waals surface area contributed by atoms with E-state index < -0.39 is 12.1 Å². The van der Waals surface area contributed by atoms with Gasteiger partial charge in [-0.05, 0) is 51.3 Å². The van der Waals surface area contributed by atoms with Crippen molar-refractivity contribution in [1.29, 1.82) is 5.41 Å². The maximum atomic E-state index is 13.3. The highest BCUT2D eigenvalue weighted by molar-refractivity contribution is 6.34. The van der Waals surface area contributed by atoms with E-state index in [2.05, 4.69) is 20.4 Å².